The molecule has 2 aromatic heterocycles. The van der Waals surface area contributed by atoms with Gasteiger partial charge >= 0.3 is 0 Å². The monoisotopic (exact) mass is 424 g/mol. The van der Waals surface area contributed by atoms with E-state index in [-0.39, 0.29) is 29.2 Å². The second-order valence-corrected chi connectivity index (χ2v) is 8.93. The summed E-state index contributed by atoms with van der Waals surface area (Å²) in [5.74, 6) is 1.12. The van der Waals surface area contributed by atoms with Gasteiger partial charge in [0, 0.05) is 61.9 Å². The van der Waals surface area contributed by atoms with E-state index >= 15 is 0 Å². The normalized spacial score (nSPS) is 20.7. The molecule has 2 amide bonds. The zero-order valence-corrected chi connectivity index (χ0v) is 17.8. The maximum Gasteiger partial charge on any atom is 0.254 e. The van der Waals surface area contributed by atoms with E-state index in [0.29, 0.717) is 57.0 Å². The highest BCUT2D eigenvalue weighted by molar-refractivity contribution is 5.81. The van der Waals surface area contributed by atoms with Gasteiger partial charge in [0.15, 0.2) is 0 Å². The van der Waals surface area contributed by atoms with Crippen LogP contribution in [0.25, 0.3) is 0 Å². The molecular weight excluding hydrogens is 396 g/mol. The minimum absolute atomic E-state index is 0.0166. The van der Waals surface area contributed by atoms with E-state index in [9.17, 15) is 14.4 Å². The van der Waals surface area contributed by atoms with Gasteiger partial charge in [-0.15, -0.1) is 0 Å². The molecule has 2 aromatic rings. The van der Waals surface area contributed by atoms with Crippen LogP contribution in [-0.2, 0) is 29.1 Å². The summed E-state index contributed by atoms with van der Waals surface area (Å²) in [5.41, 5.74) is 2.36. The van der Waals surface area contributed by atoms with E-state index in [4.69, 9.17) is 4.98 Å². The van der Waals surface area contributed by atoms with E-state index in [1.165, 1.54) is 0 Å². The number of hydrogen-bond acceptors (Lipinski definition) is 5. The molecule has 0 aromatic carbocycles. The molecule has 1 N–H and O–H groups in total. The van der Waals surface area contributed by atoms with Crippen molar-refractivity contribution >= 4 is 11.8 Å². The van der Waals surface area contributed by atoms with Crippen molar-refractivity contribution in [1.29, 1.82) is 0 Å². The molecule has 1 saturated carbocycles. The van der Waals surface area contributed by atoms with Crippen molar-refractivity contribution in [1.82, 2.24) is 29.5 Å². The van der Waals surface area contributed by atoms with Crippen LogP contribution in [0.15, 0.2) is 17.1 Å². The largest absolute Gasteiger partial charge is 0.342 e. The first-order valence-corrected chi connectivity index (χ1v) is 11.2. The van der Waals surface area contributed by atoms with Gasteiger partial charge in [0.05, 0.1) is 12.2 Å². The predicted octanol–water partition coefficient (Wildman–Crippen LogP) is 0.976. The summed E-state index contributed by atoms with van der Waals surface area (Å²) in [6.07, 6.45) is 5.42. The predicted molar refractivity (Wildman–Crippen MR) is 112 cm³/mol. The van der Waals surface area contributed by atoms with Crippen molar-refractivity contribution in [2.45, 2.75) is 58.0 Å². The Bertz CT molecular complexity index is 1070. The Morgan fingerprint density at radius 2 is 2.03 bits per heavy atom. The second kappa shape index (κ2) is 7.94. The third-order valence-electron chi connectivity index (χ3n) is 6.72. The van der Waals surface area contributed by atoms with Crippen LogP contribution in [0.3, 0.4) is 0 Å². The van der Waals surface area contributed by atoms with E-state index in [1.54, 1.807) is 6.20 Å². The van der Waals surface area contributed by atoms with Crippen molar-refractivity contribution in [3.63, 3.8) is 0 Å². The smallest absolute Gasteiger partial charge is 0.254 e. The lowest BCUT2D eigenvalue weighted by atomic mass is 10.0. The molecule has 164 valence electrons. The molecule has 1 aliphatic carbocycles. The number of carbonyl (C=O) groups is 2. The van der Waals surface area contributed by atoms with Gasteiger partial charge in [-0.05, 0) is 38.7 Å². The summed E-state index contributed by atoms with van der Waals surface area (Å²) >= 11 is 0. The molecular formula is C22H28N6O3. The maximum absolute atomic E-state index is 12.7. The van der Waals surface area contributed by atoms with Gasteiger partial charge in [-0.2, -0.15) is 5.10 Å². The number of amides is 2. The average Bonchev–Trinajstić information content (AvgIpc) is 3.35. The Morgan fingerprint density at radius 1 is 1.19 bits per heavy atom. The number of aromatic amines is 1. The van der Waals surface area contributed by atoms with Crippen LogP contribution < -0.4 is 5.56 Å². The fourth-order valence-electron chi connectivity index (χ4n) is 4.63. The summed E-state index contributed by atoms with van der Waals surface area (Å²) in [7, 11) is 0. The van der Waals surface area contributed by atoms with Gasteiger partial charge in [-0.25, -0.2) is 4.98 Å². The molecule has 1 atom stereocenters. The highest BCUT2D eigenvalue weighted by atomic mass is 16.2. The topological polar surface area (TPSA) is 104 Å². The van der Waals surface area contributed by atoms with Crippen LogP contribution in [0.5, 0.6) is 0 Å². The molecule has 31 heavy (non-hydrogen) atoms. The Balaban J connectivity index is 1.25. The van der Waals surface area contributed by atoms with Gasteiger partial charge in [0.25, 0.3) is 5.56 Å². The van der Waals surface area contributed by atoms with E-state index in [2.05, 4.69) is 10.1 Å². The zero-order chi connectivity index (χ0) is 21.5. The first-order chi connectivity index (χ1) is 15.0. The lowest BCUT2D eigenvalue weighted by molar-refractivity contribution is -0.133. The number of aryl methyl sites for hydroxylation is 2. The number of hydrogen-bond donors (Lipinski definition) is 1. The first-order valence-electron chi connectivity index (χ1n) is 11.2. The fourth-order valence-corrected chi connectivity index (χ4v) is 4.63. The lowest BCUT2D eigenvalue weighted by Crippen LogP contribution is -2.40. The highest BCUT2D eigenvalue weighted by Gasteiger charge is 2.36. The van der Waals surface area contributed by atoms with Gasteiger partial charge < -0.3 is 14.8 Å². The third-order valence-corrected chi connectivity index (χ3v) is 6.72. The summed E-state index contributed by atoms with van der Waals surface area (Å²) in [4.78, 5) is 49.2. The number of nitrogens with zero attached hydrogens (tertiary/aromatic N) is 5. The Hall–Kier alpha value is -2.97. The van der Waals surface area contributed by atoms with Crippen LogP contribution in [0.4, 0.5) is 0 Å². The van der Waals surface area contributed by atoms with Gasteiger partial charge in [0.2, 0.25) is 11.8 Å². The standard InChI is InChI=1S/C22H28N6O3/c1-14-4-8-23-28(14)11-7-19(29)26-9-5-16(12-26)20-24-18-13-27(22(31)15-2-3-15)10-6-17(18)21(30)25-20/h4,8,15-16H,2-3,5-7,9-13H2,1H3,(H,24,25,30). The zero-order valence-electron chi connectivity index (χ0n) is 17.8. The number of nitrogens with one attached hydrogen (secondary N) is 1. The van der Waals surface area contributed by atoms with Gasteiger partial charge in [-0.3, -0.25) is 19.1 Å². The molecule has 9 heteroatoms. The van der Waals surface area contributed by atoms with Crippen molar-refractivity contribution in [2.24, 2.45) is 5.92 Å². The number of likely N-dealkylation sites (tertiary alicyclic amines) is 1. The summed E-state index contributed by atoms with van der Waals surface area (Å²) in [6.45, 7) is 4.77. The van der Waals surface area contributed by atoms with E-state index < -0.39 is 0 Å². The van der Waals surface area contributed by atoms with E-state index in [1.807, 2.05) is 27.5 Å². The number of fused-ring (bicyclic) bond motifs is 1. The molecule has 5 rings (SSSR count). The molecule has 4 heterocycles. The summed E-state index contributed by atoms with van der Waals surface area (Å²) in [6, 6.07) is 1.92. The number of carbonyl (C=O) groups excluding carboxylic acids is 2. The van der Waals surface area contributed by atoms with Crippen molar-refractivity contribution in [3.8, 4) is 0 Å². The number of H-pyrrole nitrogens is 1. The summed E-state index contributed by atoms with van der Waals surface area (Å²) < 4.78 is 1.84. The second-order valence-electron chi connectivity index (χ2n) is 8.93. The highest BCUT2D eigenvalue weighted by Crippen LogP contribution is 2.32. The SMILES string of the molecule is Cc1ccnn1CCC(=O)N1CCC(c2nc3c(c(=O)[nH]2)CCN(C(=O)C2CC2)C3)C1. The quantitative estimate of drug-likeness (QED) is 0.770. The number of aromatic nitrogens is 4. The first kappa shape index (κ1) is 20.0. The van der Waals surface area contributed by atoms with Crippen molar-refractivity contribution < 1.29 is 9.59 Å². The lowest BCUT2D eigenvalue weighted by Gasteiger charge is -2.28. The molecule has 0 spiro atoms. The summed E-state index contributed by atoms with van der Waals surface area (Å²) in [5, 5.41) is 4.23. The fraction of sp³-hybridized carbons (Fsp3) is 0.591. The minimum atomic E-state index is -0.0996. The molecule has 1 saturated heterocycles. The number of rotatable bonds is 5. The molecule has 0 radical (unpaired) electrons. The van der Waals surface area contributed by atoms with Crippen LogP contribution >= 0.6 is 0 Å². The molecule has 2 aliphatic heterocycles. The Morgan fingerprint density at radius 3 is 2.77 bits per heavy atom. The molecule has 0 bridgehead atoms. The van der Waals surface area contributed by atoms with Crippen LogP contribution in [0.1, 0.15) is 54.4 Å². The van der Waals surface area contributed by atoms with Gasteiger partial charge in [-0.1, -0.05) is 0 Å². The van der Waals surface area contributed by atoms with E-state index in [0.717, 1.165) is 30.7 Å². The average molecular weight is 425 g/mol. The van der Waals surface area contributed by atoms with Gasteiger partial charge in [0.1, 0.15) is 5.82 Å². The van der Waals surface area contributed by atoms with Crippen molar-refractivity contribution in [2.75, 3.05) is 19.6 Å². The Kier molecular flexibility index (Phi) is 5.11. The van der Waals surface area contributed by atoms with Crippen LogP contribution in [0.2, 0.25) is 0 Å². The minimum Gasteiger partial charge on any atom is -0.342 e. The third kappa shape index (κ3) is 4.00. The van der Waals surface area contributed by atoms with Crippen LogP contribution in [0, 0.1) is 12.8 Å². The van der Waals surface area contributed by atoms with Crippen LogP contribution in [-0.4, -0.2) is 61.0 Å². The van der Waals surface area contributed by atoms with Crippen molar-refractivity contribution in [3.05, 3.63) is 45.4 Å². The molecule has 9 nitrogen and oxygen atoms in total. The molecule has 2 fully saturated rings. The Labute approximate surface area is 180 Å². The maximum atomic E-state index is 12.7. The molecule has 3 aliphatic rings. The molecule has 1 unspecified atom stereocenters.